The summed E-state index contributed by atoms with van der Waals surface area (Å²) < 4.78 is 0. The van der Waals surface area contributed by atoms with Gasteiger partial charge in [-0.3, -0.25) is 0 Å². The lowest BCUT2D eigenvalue weighted by molar-refractivity contribution is 0.570. The fourth-order valence-electron chi connectivity index (χ4n) is 3.56. The molecular formula is C18H25N7. The number of hydrogen-bond acceptors (Lipinski definition) is 7. The zero-order valence-corrected chi connectivity index (χ0v) is 14.8. The van der Waals surface area contributed by atoms with Crippen LogP contribution in [0.25, 0.3) is 0 Å². The minimum absolute atomic E-state index is 0.931. The Hall–Kier alpha value is -2.44. The summed E-state index contributed by atoms with van der Waals surface area (Å²) in [5.74, 6) is 3.00. The van der Waals surface area contributed by atoms with E-state index in [2.05, 4.69) is 47.0 Å². The zero-order chi connectivity index (χ0) is 17.1. The molecule has 0 unspecified atom stereocenters. The molecule has 0 amide bonds. The van der Waals surface area contributed by atoms with Gasteiger partial charge in [-0.05, 0) is 38.3 Å². The van der Waals surface area contributed by atoms with Gasteiger partial charge in [0.05, 0.1) is 0 Å². The molecule has 0 aromatic carbocycles. The van der Waals surface area contributed by atoms with E-state index in [0.717, 1.165) is 62.4 Å². The Labute approximate surface area is 148 Å². The van der Waals surface area contributed by atoms with Crippen LogP contribution in [0.4, 0.5) is 17.5 Å². The third-order valence-corrected chi connectivity index (χ3v) is 5.03. The molecular weight excluding hydrogens is 314 g/mol. The van der Waals surface area contributed by atoms with Crippen molar-refractivity contribution in [1.82, 2.24) is 20.2 Å². The van der Waals surface area contributed by atoms with Crippen LogP contribution in [-0.4, -0.2) is 59.4 Å². The second kappa shape index (κ2) is 7.21. The summed E-state index contributed by atoms with van der Waals surface area (Å²) in [7, 11) is 0. The first-order chi connectivity index (χ1) is 12.3. The van der Waals surface area contributed by atoms with E-state index in [-0.39, 0.29) is 0 Å². The molecule has 0 atom stereocenters. The van der Waals surface area contributed by atoms with Gasteiger partial charge >= 0.3 is 0 Å². The van der Waals surface area contributed by atoms with Crippen LogP contribution >= 0.6 is 0 Å². The minimum atomic E-state index is 0.931. The van der Waals surface area contributed by atoms with E-state index >= 15 is 0 Å². The molecule has 0 spiro atoms. The highest BCUT2D eigenvalue weighted by Gasteiger charge is 2.20. The minimum Gasteiger partial charge on any atom is -0.355 e. The highest BCUT2D eigenvalue weighted by molar-refractivity contribution is 5.48. The largest absolute Gasteiger partial charge is 0.355 e. The summed E-state index contributed by atoms with van der Waals surface area (Å²) in [4.78, 5) is 15.5. The van der Waals surface area contributed by atoms with Crippen LogP contribution in [0.3, 0.4) is 0 Å². The molecule has 0 saturated carbocycles. The highest BCUT2D eigenvalue weighted by atomic mass is 15.3. The topological polar surface area (TPSA) is 61.3 Å². The fraction of sp³-hybridized carbons (Fsp3) is 0.556. The molecule has 132 valence electrons. The number of aromatic nitrogens is 4. The SMILES string of the molecule is Cc1cc(N2CCN(c3ccc(N4CCCCC4)nn3)CC2)ncn1. The van der Waals surface area contributed by atoms with Gasteiger partial charge in [0.1, 0.15) is 12.1 Å². The van der Waals surface area contributed by atoms with E-state index in [0.29, 0.717) is 0 Å². The van der Waals surface area contributed by atoms with Gasteiger partial charge in [-0.2, -0.15) is 0 Å². The Morgan fingerprint density at radius 3 is 1.80 bits per heavy atom. The van der Waals surface area contributed by atoms with Crippen molar-refractivity contribution >= 4 is 17.5 Å². The molecule has 0 aliphatic carbocycles. The Morgan fingerprint density at radius 2 is 1.24 bits per heavy atom. The number of nitrogens with zero attached hydrogens (tertiary/aromatic N) is 7. The molecule has 0 N–H and O–H groups in total. The van der Waals surface area contributed by atoms with Crippen molar-refractivity contribution in [2.45, 2.75) is 26.2 Å². The van der Waals surface area contributed by atoms with Crippen LogP contribution in [0.1, 0.15) is 25.0 Å². The van der Waals surface area contributed by atoms with E-state index in [1.165, 1.54) is 19.3 Å². The molecule has 4 heterocycles. The fourth-order valence-corrected chi connectivity index (χ4v) is 3.56. The third-order valence-electron chi connectivity index (χ3n) is 5.03. The van der Waals surface area contributed by atoms with E-state index in [1.807, 2.05) is 13.0 Å². The van der Waals surface area contributed by atoms with Crippen LogP contribution in [0, 0.1) is 6.92 Å². The number of piperidine rings is 1. The van der Waals surface area contributed by atoms with Crippen LogP contribution < -0.4 is 14.7 Å². The molecule has 4 rings (SSSR count). The molecule has 2 fully saturated rings. The zero-order valence-electron chi connectivity index (χ0n) is 14.8. The molecule has 25 heavy (non-hydrogen) atoms. The number of aryl methyl sites for hydroxylation is 1. The van der Waals surface area contributed by atoms with Crippen molar-refractivity contribution in [2.75, 3.05) is 54.0 Å². The summed E-state index contributed by atoms with van der Waals surface area (Å²) in [6, 6.07) is 6.28. The highest BCUT2D eigenvalue weighted by Crippen LogP contribution is 2.21. The first kappa shape index (κ1) is 16.1. The van der Waals surface area contributed by atoms with Crippen molar-refractivity contribution in [3.05, 3.63) is 30.2 Å². The second-order valence-corrected chi connectivity index (χ2v) is 6.79. The normalized spacial score (nSPS) is 18.5. The summed E-state index contributed by atoms with van der Waals surface area (Å²) in [6.07, 6.45) is 5.49. The number of rotatable bonds is 3. The Morgan fingerprint density at radius 1 is 0.680 bits per heavy atom. The van der Waals surface area contributed by atoms with E-state index in [1.54, 1.807) is 6.33 Å². The standard InChI is InChI=1S/C18H25N7/c1-15-13-18(20-14-19-15)25-11-9-24(10-12-25)17-6-5-16(21-22-17)23-7-3-2-4-8-23/h5-6,13-14H,2-4,7-12H2,1H3. The molecule has 7 heteroatoms. The van der Waals surface area contributed by atoms with Crippen molar-refractivity contribution in [3.8, 4) is 0 Å². The van der Waals surface area contributed by atoms with Gasteiger partial charge in [0, 0.05) is 51.0 Å². The van der Waals surface area contributed by atoms with Crippen LogP contribution in [0.2, 0.25) is 0 Å². The number of piperazine rings is 1. The maximum atomic E-state index is 4.48. The predicted octanol–water partition coefficient (Wildman–Crippen LogP) is 1.89. The lowest BCUT2D eigenvalue weighted by atomic mass is 10.1. The quantitative estimate of drug-likeness (QED) is 0.846. The lowest BCUT2D eigenvalue weighted by Crippen LogP contribution is -2.47. The summed E-state index contributed by atoms with van der Waals surface area (Å²) in [5.41, 5.74) is 1.01. The van der Waals surface area contributed by atoms with Gasteiger partial charge in [-0.15, -0.1) is 10.2 Å². The Balaban J connectivity index is 1.37. The molecule has 2 aromatic rings. The molecule has 2 aliphatic rings. The van der Waals surface area contributed by atoms with Crippen molar-refractivity contribution in [2.24, 2.45) is 0 Å². The van der Waals surface area contributed by atoms with Gasteiger partial charge in [0.15, 0.2) is 11.6 Å². The van der Waals surface area contributed by atoms with Crippen molar-refractivity contribution in [1.29, 1.82) is 0 Å². The van der Waals surface area contributed by atoms with Crippen LogP contribution in [0.15, 0.2) is 24.5 Å². The number of anilines is 3. The van der Waals surface area contributed by atoms with Crippen molar-refractivity contribution < 1.29 is 0 Å². The maximum Gasteiger partial charge on any atom is 0.151 e. The predicted molar refractivity (Wildman–Crippen MR) is 99.3 cm³/mol. The Kier molecular flexibility index (Phi) is 4.63. The summed E-state index contributed by atoms with van der Waals surface area (Å²) in [6.45, 7) is 7.94. The molecule has 2 saturated heterocycles. The lowest BCUT2D eigenvalue weighted by Gasteiger charge is -2.36. The van der Waals surface area contributed by atoms with Gasteiger partial charge in [-0.1, -0.05) is 0 Å². The number of hydrogen-bond donors (Lipinski definition) is 0. The molecule has 0 bridgehead atoms. The van der Waals surface area contributed by atoms with Crippen LogP contribution in [-0.2, 0) is 0 Å². The van der Waals surface area contributed by atoms with E-state index in [9.17, 15) is 0 Å². The molecule has 2 aliphatic heterocycles. The average Bonchev–Trinajstić information content (AvgIpc) is 2.69. The maximum absolute atomic E-state index is 4.48. The van der Waals surface area contributed by atoms with Crippen LogP contribution in [0.5, 0.6) is 0 Å². The molecule has 2 aromatic heterocycles. The second-order valence-electron chi connectivity index (χ2n) is 6.79. The summed E-state index contributed by atoms with van der Waals surface area (Å²) >= 11 is 0. The molecule has 0 radical (unpaired) electrons. The van der Waals surface area contributed by atoms with Gasteiger partial charge < -0.3 is 14.7 Å². The van der Waals surface area contributed by atoms with Crippen molar-refractivity contribution in [3.63, 3.8) is 0 Å². The summed E-state index contributed by atoms with van der Waals surface area (Å²) in [5, 5.41) is 8.95. The molecule has 7 nitrogen and oxygen atoms in total. The first-order valence-electron chi connectivity index (χ1n) is 9.17. The first-order valence-corrected chi connectivity index (χ1v) is 9.17. The Bertz CT molecular complexity index is 689. The van der Waals surface area contributed by atoms with Gasteiger partial charge in [0.25, 0.3) is 0 Å². The monoisotopic (exact) mass is 339 g/mol. The van der Waals surface area contributed by atoms with Gasteiger partial charge in [-0.25, -0.2) is 9.97 Å². The van der Waals surface area contributed by atoms with E-state index in [4.69, 9.17) is 0 Å². The van der Waals surface area contributed by atoms with E-state index < -0.39 is 0 Å². The smallest absolute Gasteiger partial charge is 0.151 e. The van der Waals surface area contributed by atoms with Gasteiger partial charge in [0.2, 0.25) is 0 Å². The third kappa shape index (κ3) is 3.65. The average molecular weight is 339 g/mol.